The molecule has 0 heterocycles. The summed E-state index contributed by atoms with van der Waals surface area (Å²) in [6.45, 7) is 1.54. The molecule has 2 N–H and O–H groups in total. The van der Waals surface area contributed by atoms with Crippen LogP contribution in [0.25, 0.3) is 0 Å². The first kappa shape index (κ1) is 19.6. The zero-order valence-electron chi connectivity index (χ0n) is 14.7. The minimum Gasteiger partial charge on any atom is -0.395 e. The Bertz CT molecular complexity index is 720. The van der Waals surface area contributed by atoms with Crippen LogP contribution in [0.1, 0.15) is 18.1 Å². The predicted molar refractivity (Wildman–Crippen MR) is 96.7 cm³/mol. The van der Waals surface area contributed by atoms with Gasteiger partial charge in [-0.05, 0) is 23.3 Å². The van der Waals surface area contributed by atoms with Crippen molar-refractivity contribution < 1.29 is 19.1 Å². The third-order valence-corrected chi connectivity index (χ3v) is 4.03. The van der Waals surface area contributed by atoms with Crippen LogP contribution in [0.15, 0.2) is 54.6 Å². The molecule has 5 nitrogen and oxygen atoms in total. The van der Waals surface area contributed by atoms with Crippen LogP contribution < -0.4 is 5.32 Å². The van der Waals surface area contributed by atoms with Crippen molar-refractivity contribution in [3.05, 3.63) is 71.5 Å². The average Bonchev–Trinajstić information content (AvgIpc) is 2.64. The summed E-state index contributed by atoms with van der Waals surface area (Å²) in [4.78, 5) is 26.3. The van der Waals surface area contributed by atoms with Gasteiger partial charge in [-0.2, -0.15) is 0 Å². The van der Waals surface area contributed by atoms with Gasteiger partial charge in [0.25, 0.3) is 0 Å². The van der Waals surface area contributed by atoms with Crippen molar-refractivity contribution in [1.29, 1.82) is 0 Å². The summed E-state index contributed by atoms with van der Waals surface area (Å²) in [7, 11) is 0. The fraction of sp³-hybridized carbons (Fsp3) is 0.300. The lowest BCUT2D eigenvalue weighted by atomic mass is 10.0. The molecule has 0 radical (unpaired) electrons. The smallest absolute Gasteiger partial charge is 0.243 e. The van der Waals surface area contributed by atoms with Crippen molar-refractivity contribution in [2.24, 2.45) is 0 Å². The number of hydrogen-bond donors (Lipinski definition) is 2. The fourth-order valence-corrected chi connectivity index (χ4v) is 2.71. The van der Waals surface area contributed by atoms with Gasteiger partial charge in [0.05, 0.1) is 6.61 Å². The second-order valence-electron chi connectivity index (χ2n) is 5.99. The molecule has 2 amide bonds. The molecule has 6 heteroatoms. The van der Waals surface area contributed by atoms with Gasteiger partial charge in [0.1, 0.15) is 11.9 Å². The quantitative estimate of drug-likeness (QED) is 0.757. The first-order valence-corrected chi connectivity index (χ1v) is 8.45. The second kappa shape index (κ2) is 9.68. The van der Waals surface area contributed by atoms with Crippen LogP contribution >= 0.6 is 0 Å². The number of benzene rings is 2. The van der Waals surface area contributed by atoms with Gasteiger partial charge in [0, 0.05) is 26.4 Å². The lowest BCUT2D eigenvalue weighted by Crippen LogP contribution is -2.50. The average molecular weight is 358 g/mol. The van der Waals surface area contributed by atoms with Crippen molar-refractivity contribution in [2.45, 2.75) is 25.9 Å². The van der Waals surface area contributed by atoms with Gasteiger partial charge in [-0.3, -0.25) is 9.59 Å². The summed E-state index contributed by atoms with van der Waals surface area (Å²) in [5, 5.41) is 11.6. The van der Waals surface area contributed by atoms with Gasteiger partial charge >= 0.3 is 0 Å². The van der Waals surface area contributed by atoms with Crippen LogP contribution in [0.3, 0.4) is 0 Å². The van der Waals surface area contributed by atoms with Crippen LogP contribution in [0.2, 0.25) is 0 Å². The molecule has 26 heavy (non-hydrogen) atoms. The standard InChI is InChI=1S/C20H23FN2O3/c1-15(25)23(14-17-7-9-18(21)10-8-17)19(20(26)22-11-12-24)13-16-5-3-2-4-6-16/h2-10,19,24H,11-14H2,1H3,(H,22,26)/t19-/m1/s1. The number of nitrogens with zero attached hydrogens (tertiary/aromatic N) is 1. The molecule has 2 aromatic carbocycles. The molecule has 138 valence electrons. The zero-order chi connectivity index (χ0) is 18.9. The van der Waals surface area contributed by atoms with Crippen LogP contribution in [0.4, 0.5) is 4.39 Å². The van der Waals surface area contributed by atoms with E-state index in [9.17, 15) is 14.0 Å². The SMILES string of the molecule is CC(=O)N(Cc1ccc(F)cc1)[C@H](Cc1ccccc1)C(=O)NCCO. The van der Waals surface area contributed by atoms with Gasteiger partial charge in [0.2, 0.25) is 11.8 Å². The van der Waals surface area contributed by atoms with Crippen molar-refractivity contribution in [3.63, 3.8) is 0 Å². The van der Waals surface area contributed by atoms with Gasteiger partial charge in [-0.1, -0.05) is 42.5 Å². The number of carbonyl (C=O) groups is 2. The minimum absolute atomic E-state index is 0.117. The van der Waals surface area contributed by atoms with E-state index in [0.29, 0.717) is 6.42 Å². The van der Waals surface area contributed by atoms with Gasteiger partial charge in [-0.25, -0.2) is 4.39 Å². The number of halogens is 1. The third kappa shape index (κ3) is 5.67. The van der Waals surface area contributed by atoms with E-state index in [2.05, 4.69) is 5.32 Å². The van der Waals surface area contributed by atoms with Crippen molar-refractivity contribution in [3.8, 4) is 0 Å². The summed E-state index contributed by atoms with van der Waals surface area (Å²) < 4.78 is 13.1. The lowest BCUT2D eigenvalue weighted by molar-refractivity contribution is -0.139. The Labute approximate surface area is 152 Å². The highest BCUT2D eigenvalue weighted by atomic mass is 19.1. The molecule has 0 bridgehead atoms. The molecule has 2 rings (SSSR count). The van der Waals surface area contributed by atoms with Gasteiger partial charge in [-0.15, -0.1) is 0 Å². The first-order valence-electron chi connectivity index (χ1n) is 8.45. The highest BCUT2D eigenvalue weighted by Gasteiger charge is 2.28. The fourth-order valence-electron chi connectivity index (χ4n) is 2.71. The number of aliphatic hydroxyl groups excluding tert-OH is 1. The van der Waals surface area contributed by atoms with E-state index in [-0.39, 0.29) is 37.3 Å². The van der Waals surface area contributed by atoms with Crippen molar-refractivity contribution in [2.75, 3.05) is 13.2 Å². The Morgan fingerprint density at radius 2 is 1.73 bits per heavy atom. The Balaban J connectivity index is 2.26. The van der Waals surface area contributed by atoms with E-state index in [0.717, 1.165) is 11.1 Å². The van der Waals surface area contributed by atoms with E-state index >= 15 is 0 Å². The van der Waals surface area contributed by atoms with E-state index in [1.165, 1.54) is 24.0 Å². The Hall–Kier alpha value is -2.73. The maximum Gasteiger partial charge on any atom is 0.243 e. The predicted octanol–water partition coefficient (Wildman–Crippen LogP) is 1.89. The number of carbonyl (C=O) groups excluding carboxylic acids is 2. The molecule has 0 aliphatic carbocycles. The van der Waals surface area contributed by atoms with Crippen LogP contribution in [0, 0.1) is 5.82 Å². The van der Waals surface area contributed by atoms with E-state index in [4.69, 9.17) is 5.11 Å². The van der Waals surface area contributed by atoms with Crippen LogP contribution in [0.5, 0.6) is 0 Å². The maximum atomic E-state index is 13.1. The Kier molecular flexibility index (Phi) is 7.29. The molecule has 0 aliphatic rings. The number of rotatable bonds is 8. The van der Waals surface area contributed by atoms with Crippen LogP contribution in [-0.2, 0) is 22.6 Å². The number of amides is 2. The molecule has 0 fully saturated rings. The van der Waals surface area contributed by atoms with Crippen molar-refractivity contribution >= 4 is 11.8 Å². The summed E-state index contributed by atoms with van der Waals surface area (Å²) in [5.41, 5.74) is 1.65. The summed E-state index contributed by atoms with van der Waals surface area (Å²) in [6.07, 6.45) is 0.346. The Morgan fingerprint density at radius 3 is 2.31 bits per heavy atom. The minimum atomic E-state index is -0.730. The third-order valence-electron chi connectivity index (χ3n) is 4.03. The number of nitrogens with one attached hydrogen (secondary N) is 1. The summed E-state index contributed by atoms with van der Waals surface area (Å²) in [5.74, 6) is -0.945. The lowest BCUT2D eigenvalue weighted by Gasteiger charge is -2.30. The molecule has 0 spiro atoms. The van der Waals surface area contributed by atoms with Crippen molar-refractivity contribution in [1.82, 2.24) is 10.2 Å². The topological polar surface area (TPSA) is 69.6 Å². The molecule has 0 saturated carbocycles. The molecular formula is C20H23FN2O3. The highest BCUT2D eigenvalue weighted by Crippen LogP contribution is 2.15. The molecule has 0 unspecified atom stereocenters. The molecule has 0 aliphatic heterocycles. The number of aliphatic hydroxyl groups is 1. The monoisotopic (exact) mass is 358 g/mol. The van der Waals surface area contributed by atoms with E-state index < -0.39 is 6.04 Å². The highest BCUT2D eigenvalue weighted by molar-refractivity contribution is 5.87. The summed E-state index contributed by atoms with van der Waals surface area (Å²) in [6, 6.07) is 14.5. The molecule has 0 aromatic heterocycles. The van der Waals surface area contributed by atoms with E-state index in [1.807, 2.05) is 30.3 Å². The number of hydrogen-bond acceptors (Lipinski definition) is 3. The molecule has 2 aromatic rings. The van der Waals surface area contributed by atoms with E-state index in [1.54, 1.807) is 12.1 Å². The maximum absolute atomic E-state index is 13.1. The first-order chi connectivity index (χ1) is 12.5. The normalized spacial score (nSPS) is 11.7. The van der Waals surface area contributed by atoms with Gasteiger partial charge < -0.3 is 15.3 Å². The largest absolute Gasteiger partial charge is 0.395 e. The molecule has 1 atom stereocenters. The van der Waals surface area contributed by atoms with Crippen LogP contribution in [-0.4, -0.2) is 41.0 Å². The second-order valence-corrected chi connectivity index (χ2v) is 5.99. The zero-order valence-corrected chi connectivity index (χ0v) is 14.7. The van der Waals surface area contributed by atoms with Gasteiger partial charge in [0.15, 0.2) is 0 Å². The molecule has 0 saturated heterocycles. The summed E-state index contributed by atoms with van der Waals surface area (Å²) >= 11 is 0. The molecular weight excluding hydrogens is 335 g/mol. The Morgan fingerprint density at radius 1 is 1.08 bits per heavy atom.